The molecule has 1 unspecified atom stereocenters. The summed E-state index contributed by atoms with van der Waals surface area (Å²) in [5.41, 5.74) is 7.07. The first-order valence-electron chi connectivity index (χ1n) is 4.23. The van der Waals surface area contributed by atoms with E-state index < -0.39 is 0 Å². The lowest BCUT2D eigenvalue weighted by atomic mass is 10.1. The highest BCUT2D eigenvalue weighted by Crippen LogP contribution is 2.19. The average Bonchev–Trinajstić information content (AvgIpc) is 2.18. The molecule has 1 rings (SSSR count). The van der Waals surface area contributed by atoms with Crippen molar-refractivity contribution < 1.29 is 0 Å². The SMILES string of the molecule is CSc1ccc(C(N)CCCl)cc1. The molecule has 72 valence electrons. The van der Waals surface area contributed by atoms with Gasteiger partial charge in [-0.1, -0.05) is 12.1 Å². The highest BCUT2D eigenvalue weighted by Gasteiger charge is 2.03. The predicted octanol–water partition coefficient (Wildman–Crippen LogP) is 3.04. The van der Waals surface area contributed by atoms with Gasteiger partial charge in [0.2, 0.25) is 0 Å². The van der Waals surface area contributed by atoms with E-state index in [-0.39, 0.29) is 6.04 Å². The molecule has 0 heterocycles. The molecule has 1 nitrogen and oxygen atoms in total. The molecular weight excluding hydrogens is 202 g/mol. The molecule has 0 aromatic heterocycles. The lowest BCUT2D eigenvalue weighted by molar-refractivity contribution is 0.702. The van der Waals surface area contributed by atoms with Gasteiger partial charge in [0, 0.05) is 16.8 Å². The molecular formula is C10H14ClNS. The molecule has 0 radical (unpaired) electrons. The van der Waals surface area contributed by atoms with Crippen LogP contribution < -0.4 is 5.73 Å². The summed E-state index contributed by atoms with van der Waals surface area (Å²) < 4.78 is 0. The Morgan fingerprint density at radius 1 is 1.38 bits per heavy atom. The second-order valence-electron chi connectivity index (χ2n) is 2.86. The minimum atomic E-state index is 0.0772. The van der Waals surface area contributed by atoms with Crippen LogP contribution in [0.3, 0.4) is 0 Å². The second-order valence-corrected chi connectivity index (χ2v) is 4.11. The Bertz CT molecular complexity index is 248. The number of hydrogen-bond acceptors (Lipinski definition) is 2. The summed E-state index contributed by atoms with van der Waals surface area (Å²) in [6.07, 6.45) is 2.90. The van der Waals surface area contributed by atoms with E-state index >= 15 is 0 Å². The van der Waals surface area contributed by atoms with E-state index in [9.17, 15) is 0 Å². The topological polar surface area (TPSA) is 26.0 Å². The van der Waals surface area contributed by atoms with Crippen LogP contribution in [-0.4, -0.2) is 12.1 Å². The van der Waals surface area contributed by atoms with E-state index in [0.717, 1.165) is 6.42 Å². The molecule has 2 N–H and O–H groups in total. The van der Waals surface area contributed by atoms with Crippen molar-refractivity contribution in [3.8, 4) is 0 Å². The van der Waals surface area contributed by atoms with Crippen LogP contribution in [0.15, 0.2) is 29.2 Å². The zero-order valence-corrected chi connectivity index (χ0v) is 9.24. The fourth-order valence-electron chi connectivity index (χ4n) is 1.14. The molecule has 0 aliphatic heterocycles. The van der Waals surface area contributed by atoms with E-state index in [4.69, 9.17) is 17.3 Å². The average molecular weight is 216 g/mol. The summed E-state index contributed by atoms with van der Waals surface area (Å²) in [6, 6.07) is 8.40. The number of halogens is 1. The van der Waals surface area contributed by atoms with Gasteiger partial charge in [-0.15, -0.1) is 23.4 Å². The minimum absolute atomic E-state index is 0.0772. The molecule has 0 amide bonds. The number of alkyl halides is 1. The molecule has 3 heteroatoms. The van der Waals surface area contributed by atoms with Crippen molar-refractivity contribution >= 4 is 23.4 Å². The normalized spacial score (nSPS) is 12.8. The maximum atomic E-state index is 5.91. The van der Waals surface area contributed by atoms with Crippen molar-refractivity contribution in [2.24, 2.45) is 5.73 Å². The van der Waals surface area contributed by atoms with Gasteiger partial charge in [0.15, 0.2) is 0 Å². The number of hydrogen-bond donors (Lipinski definition) is 1. The Balaban J connectivity index is 2.67. The molecule has 13 heavy (non-hydrogen) atoms. The van der Waals surface area contributed by atoms with Crippen LogP contribution >= 0.6 is 23.4 Å². The second kappa shape index (κ2) is 5.53. The lowest BCUT2D eigenvalue weighted by Gasteiger charge is -2.10. The van der Waals surface area contributed by atoms with Crippen LogP contribution in [0.4, 0.5) is 0 Å². The fourth-order valence-corrected chi connectivity index (χ4v) is 1.78. The third-order valence-corrected chi connectivity index (χ3v) is 2.93. The van der Waals surface area contributed by atoms with Crippen LogP contribution in [0.25, 0.3) is 0 Å². The molecule has 1 aromatic rings. The number of rotatable bonds is 4. The molecule has 1 aromatic carbocycles. The predicted molar refractivity (Wildman–Crippen MR) is 60.5 cm³/mol. The summed E-state index contributed by atoms with van der Waals surface area (Å²) in [5, 5.41) is 0. The molecule has 0 saturated heterocycles. The fraction of sp³-hybridized carbons (Fsp3) is 0.400. The largest absolute Gasteiger partial charge is 0.324 e. The van der Waals surface area contributed by atoms with Gasteiger partial charge >= 0.3 is 0 Å². The highest BCUT2D eigenvalue weighted by atomic mass is 35.5. The maximum Gasteiger partial charge on any atom is 0.0306 e. The van der Waals surface area contributed by atoms with Crippen LogP contribution in [0.5, 0.6) is 0 Å². The van der Waals surface area contributed by atoms with Gasteiger partial charge in [-0.2, -0.15) is 0 Å². The zero-order valence-electron chi connectivity index (χ0n) is 7.66. The third kappa shape index (κ3) is 3.22. The Labute approximate surface area is 88.7 Å². The summed E-state index contributed by atoms with van der Waals surface area (Å²) >= 11 is 7.36. The number of benzene rings is 1. The molecule has 0 spiro atoms. The first-order chi connectivity index (χ1) is 6.27. The third-order valence-electron chi connectivity index (χ3n) is 1.96. The summed E-state index contributed by atoms with van der Waals surface area (Å²) in [6.45, 7) is 0. The molecule has 0 aliphatic rings. The van der Waals surface area contributed by atoms with Gasteiger partial charge < -0.3 is 5.73 Å². The van der Waals surface area contributed by atoms with Crippen molar-refractivity contribution in [1.29, 1.82) is 0 Å². The molecule has 0 saturated carbocycles. The van der Waals surface area contributed by atoms with Gasteiger partial charge in [0.1, 0.15) is 0 Å². The van der Waals surface area contributed by atoms with Crippen LogP contribution in [-0.2, 0) is 0 Å². The van der Waals surface area contributed by atoms with Gasteiger partial charge in [0.25, 0.3) is 0 Å². The molecule has 0 bridgehead atoms. The van der Waals surface area contributed by atoms with E-state index in [2.05, 4.69) is 30.5 Å². The lowest BCUT2D eigenvalue weighted by Crippen LogP contribution is -2.10. The van der Waals surface area contributed by atoms with E-state index in [1.807, 2.05) is 0 Å². The monoisotopic (exact) mass is 215 g/mol. The first-order valence-corrected chi connectivity index (χ1v) is 5.99. The smallest absolute Gasteiger partial charge is 0.0306 e. The van der Waals surface area contributed by atoms with Gasteiger partial charge in [-0.05, 0) is 30.4 Å². The molecule has 0 aliphatic carbocycles. The summed E-state index contributed by atoms with van der Waals surface area (Å²) in [4.78, 5) is 1.27. The van der Waals surface area contributed by atoms with Crippen molar-refractivity contribution in [3.05, 3.63) is 29.8 Å². The summed E-state index contributed by atoms with van der Waals surface area (Å²) in [7, 11) is 0. The van der Waals surface area contributed by atoms with Crippen LogP contribution in [0.1, 0.15) is 18.0 Å². The van der Waals surface area contributed by atoms with Crippen molar-refractivity contribution in [3.63, 3.8) is 0 Å². The Hall–Kier alpha value is -0.180. The molecule has 1 atom stereocenters. The Morgan fingerprint density at radius 2 is 2.00 bits per heavy atom. The summed E-state index contributed by atoms with van der Waals surface area (Å²) in [5.74, 6) is 0.617. The first kappa shape index (κ1) is 10.9. The van der Waals surface area contributed by atoms with Gasteiger partial charge in [-0.25, -0.2) is 0 Å². The van der Waals surface area contributed by atoms with Gasteiger partial charge in [0.05, 0.1) is 0 Å². The van der Waals surface area contributed by atoms with E-state index in [1.54, 1.807) is 11.8 Å². The number of thioether (sulfide) groups is 1. The van der Waals surface area contributed by atoms with Crippen molar-refractivity contribution in [2.45, 2.75) is 17.4 Å². The van der Waals surface area contributed by atoms with Crippen molar-refractivity contribution in [2.75, 3.05) is 12.1 Å². The van der Waals surface area contributed by atoms with Crippen LogP contribution in [0, 0.1) is 0 Å². The van der Waals surface area contributed by atoms with Crippen LogP contribution in [0.2, 0.25) is 0 Å². The highest BCUT2D eigenvalue weighted by molar-refractivity contribution is 7.98. The Morgan fingerprint density at radius 3 is 2.46 bits per heavy atom. The van der Waals surface area contributed by atoms with Gasteiger partial charge in [-0.3, -0.25) is 0 Å². The molecule has 0 fully saturated rings. The standard InChI is InChI=1S/C10H14ClNS/c1-13-9-4-2-8(3-5-9)10(12)6-7-11/h2-5,10H,6-7,12H2,1H3. The number of nitrogens with two attached hydrogens (primary N) is 1. The maximum absolute atomic E-state index is 5.91. The van der Waals surface area contributed by atoms with Crippen molar-refractivity contribution in [1.82, 2.24) is 0 Å². The zero-order chi connectivity index (χ0) is 9.68. The minimum Gasteiger partial charge on any atom is -0.324 e. The van der Waals surface area contributed by atoms with E-state index in [1.165, 1.54) is 10.5 Å². The quantitative estimate of drug-likeness (QED) is 0.617. The Kier molecular flexibility index (Phi) is 4.64. The van der Waals surface area contributed by atoms with E-state index in [0.29, 0.717) is 5.88 Å².